The molecule has 0 fully saturated rings. The molecular weight excluding hydrogens is 258 g/mol. The lowest BCUT2D eigenvalue weighted by Gasteiger charge is -2.08. The minimum atomic E-state index is 0.169. The Hall–Kier alpha value is -1.30. The first kappa shape index (κ1) is 14.1. The Kier molecular flexibility index (Phi) is 5.01. The van der Waals surface area contributed by atoms with Crippen LogP contribution in [0.15, 0.2) is 35.4 Å². The van der Waals surface area contributed by atoms with Crippen molar-refractivity contribution in [2.24, 2.45) is 0 Å². The summed E-state index contributed by atoms with van der Waals surface area (Å²) in [5, 5.41) is 18.0. The second-order valence-electron chi connectivity index (χ2n) is 4.22. The van der Waals surface area contributed by atoms with Crippen molar-refractivity contribution in [3.8, 4) is 5.69 Å². The zero-order valence-corrected chi connectivity index (χ0v) is 12.1. The van der Waals surface area contributed by atoms with Crippen LogP contribution in [-0.4, -0.2) is 34.3 Å². The number of thioether (sulfide) groups is 1. The molecule has 0 unspecified atom stereocenters. The number of hydrogen-bond donors (Lipinski definition) is 2. The molecule has 5 heteroatoms. The van der Waals surface area contributed by atoms with Crippen molar-refractivity contribution in [2.45, 2.75) is 18.5 Å². The van der Waals surface area contributed by atoms with Gasteiger partial charge < -0.3 is 10.4 Å². The zero-order valence-electron chi connectivity index (χ0n) is 11.3. The maximum atomic E-state index is 9.05. The molecule has 1 aromatic carbocycles. The molecular formula is C14H19N3OS. The van der Waals surface area contributed by atoms with Gasteiger partial charge in [0, 0.05) is 17.9 Å². The molecule has 0 bridgehead atoms. The molecule has 0 aliphatic rings. The maximum absolute atomic E-state index is 9.05. The van der Waals surface area contributed by atoms with E-state index in [1.165, 1.54) is 5.56 Å². The van der Waals surface area contributed by atoms with Crippen LogP contribution in [0.2, 0.25) is 0 Å². The Bertz CT molecular complexity index is 525. The monoisotopic (exact) mass is 277 g/mol. The van der Waals surface area contributed by atoms with Gasteiger partial charge in [0.05, 0.1) is 18.0 Å². The van der Waals surface area contributed by atoms with Crippen molar-refractivity contribution < 1.29 is 5.11 Å². The SMILES string of the molecule is CNCc1c(C)nn(-c2ccccc2)c1SCCO. The fourth-order valence-electron chi connectivity index (χ4n) is 1.95. The third-order valence-electron chi connectivity index (χ3n) is 2.82. The van der Waals surface area contributed by atoms with Crippen LogP contribution in [0.4, 0.5) is 0 Å². The molecule has 0 aliphatic carbocycles. The van der Waals surface area contributed by atoms with Crippen molar-refractivity contribution in [3.05, 3.63) is 41.6 Å². The molecule has 19 heavy (non-hydrogen) atoms. The summed E-state index contributed by atoms with van der Waals surface area (Å²) in [5.41, 5.74) is 3.27. The Balaban J connectivity index is 2.44. The van der Waals surface area contributed by atoms with Crippen LogP contribution in [0.25, 0.3) is 5.69 Å². The van der Waals surface area contributed by atoms with Gasteiger partial charge in [-0.1, -0.05) is 18.2 Å². The lowest BCUT2D eigenvalue weighted by Crippen LogP contribution is -2.07. The molecule has 1 aromatic heterocycles. The Labute approximate surface area is 117 Å². The highest BCUT2D eigenvalue weighted by Crippen LogP contribution is 2.28. The molecule has 4 nitrogen and oxygen atoms in total. The number of hydrogen-bond acceptors (Lipinski definition) is 4. The molecule has 1 heterocycles. The van der Waals surface area contributed by atoms with E-state index in [1.54, 1.807) is 11.8 Å². The molecule has 102 valence electrons. The van der Waals surface area contributed by atoms with Crippen molar-refractivity contribution in [2.75, 3.05) is 19.4 Å². The number of nitrogens with zero attached hydrogens (tertiary/aromatic N) is 2. The number of aromatic nitrogens is 2. The van der Waals surface area contributed by atoms with Crippen molar-refractivity contribution in [1.29, 1.82) is 0 Å². The first-order valence-electron chi connectivity index (χ1n) is 6.30. The molecule has 2 N–H and O–H groups in total. The quantitative estimate of drug-likeness (QED) is 0.793. The van der Waals surface area contributed by atoms with Gasteiger partial charge in [-0.3, -0.25) is 0 Å². The van der Waals surface area contributed by atoms with Gasteiger partial charge in [-0.05, 0) is 26.1 Å². The fraction of sp³-hybridized carbons (Fsp3) is 0.357. The number of aliphatic hydroxyl groups excluding tert-OH is 1. The van der Waals surface area contributed by atoms with E-state index in [2.05, 4.69) is 10.4 Å². The van der Waals surface area contributed by atoms with Crippen molar-refractivity contribution in [1.82, 2.24) is 15.1 Å². The molecule has 2 aromatic rings. The smallest absolute Gasteiger partial charge is 0.105 e. The van der Waals surface area contributed by atoms with Gasteiger partial charge in [0.1, 0.15) is 5.03 Å². The third kappa shape index (κ3) is 3.18. The number of benzene rings is 1. The molecule has 0 aliphatic heterocycles. The number of aliphatic hydroxyl groups is 1. The molecule has 0 atom stereocenters. The molecule has 0 saturated carbocycles. The van der Waals surface area contributed by atoms with E-state index >= 15 is 0 Å². The van der Waals surface area contributed by atoms with Crippen molar-refractivity contribution in [3.63, 3.8) is 0 Å². The second kappa shape index (κ2) is 6.75. The first-order valence-corrected chi connectivity index (χ1v) is 7.28. The predicted octanol–water partition coefficient (Wildman–Crippen LogP) is 1.98. The lowest BCUT2D eigenvalue weighted by molar-refractivity contribution is 0.322. The van der Waals surface area contributed by atoms with Gasteiger partial charge in [0.15, 0.2) is 0 Å². The summed E-state index contributed by atoms with van der Waals surface area (Å²) in [6.07, 6.45) is 0. The summed E-state index contributed by atoms with van der Waals surface area (Å²) >= 11 is 1.64. The fourth-order valence-corrected chi connectivity index (χ4v) is 2.90. The van der Waals surface area contributed by atoms with Crippen LogP contribution in [-0.2, 0) is 6.54 Å². The van der Waals surface area contributed by atoms with Crippen LogP contribution >= 0.6 is 11.8 Å². The minimum Gasteiger partial charge on any atom is -0.396 e. The van der Waals surface area contributed by atoms with Crippen LogP contribution in [0.3, 0.4) is 0 Å². The standard InChI is InChI=1S/C14H19N3OS/c1-11-13(10-15-2)14(19-9-8-18)17(16-11)12-6-4-3-5-7-12/h3-7,15,18H,8-10H2,1-2H3. The third-order valence-corrected chi connectivity index (χ3v) is 3.90. The van der Waals surface area contributed by atoms with E-state index in [4.69, 9.17) is 5.11 Å². The minimum absolute atomic E-state index is 0.169. The second-order valence-corrected chi connectivity index (χ2v) is 5.30. The summed E-state index contributed by atoms with van der Waals surface area (Å²) in [4.78, 5) is 0. The van der Waals surface area contributed by atoms with Gasteiger partial charge >= 0.3 is 0 Å². The molecule has 2 rings (SSSR count). The summed E-state index contributed by atoms with van der Waals surface area (Å²) in [6, 6.07) is 10.1. The average Bonchev–Trinajstić information content (AvgIpc) is 2.75. The number of para-hydroxylation sites is 1. The predicted molar refractivity (Wildman–Crippen MR) is 78.9 cm³/mol. The highest BCUT2D eigenvalue weighted by atomic mass is 32.2. The summed E-state index contributed by atoms with van der Waals surface area (Å²) in [6.45, 7) is 2.98. The maximum Gasteiger partial charge on any atom is 0.105 e. The van der Waals surface area contributed by atoms with E-state index in [9.17, 15) is 0 Å². The molecule has 0 radical (unpaired) electrons. The van der Waals surface area contributed by atoms with E-state index in [0.29, 0.717) is 5.75 Å². The number of nitrogens with one attached hydrogen (secondary N) is 1. The summed E-state index contributed by atoms with van der Waals surface area (Å²) in [5.74, 6) is 0.675. The van der Waals surface area contributed by atoms with Gasteiger partial charge in [0.25, 0.3) is 0 Å². The normalized spacial score (nSPS) is 10.9. The van der Waals surface area contributed by atoms with E-state index in [1.807, 2.05) is 49.0 Å². The van der Waals surface area contributed by atoms with Crippen LogP contribution < -0.4 is 5.32 Å². The largest absolute Gasteiger partial charge is 0.396 e. The van der Waals surface area contributed by atoms with Crippen LogP contribution in [0, 0.1) is 6.92 Å². The Morgan fingerprint density at radius 3 is 2.68 bits per heavy atom. The van der Waals surface area contributed by atoms with E-state index < -0.39 is 0 Å². The van der Waals surface area contributed by atoms with Gasteiger partial charge in [-0.2, -0.15) is 5.10 Å². The first-order chi connectivity index (χ1) is 9.27. The lowest BCUT2D eigenvalue weighted by atomic mass is 10.2. The molecule has 0 spiro atoms. The van der Waals surface area contributed by atoms with Crippen molar-refractivity contribution >= 4 is 11.8 Å². The van der Waals surface area contributed by atoms with Gasteiger partial charge in [-0.15, -0.1) is 11.8 Å². The summed E-state index contributed by atoms with van der Waals surface area (Å²) in [7, 11) is 1.93. The summed E-state index contributed by atoms with van der Waals surface area (Å²) < 4.78 is 1.96. The van der Waals surface area contributed by atoms with Gasteiger partial charge in [0.2, 0.25) is 0 Å². The Morgan fingerprint density at radius 2 is 2.05 bits per heavy atom. The average molecular weight is 277 g/mol. The molecule has 0 saturated heterocycles. The number of aryl methyl sites for hydroxylation is 1. The Morgan fingerprint density at radius 1 is 1.32 bits per heavy atom. The molecule has 0 amide bonds. The zero-order chi connectivity index (χ0) is 13.7. The highest BCUT2D eigenvalue weighted by Gasteiger charge is 2.15. The van der Waals surface area contributed by atoms with Crippen LogP contribution in [0.5, 0.6) is 0 Å². The van der Waals surface area contributed by atoms with E-state index in [0.717, 1.165) is 23.0 Å². The van der Waals surface area contributed by atoms with Crippen LogP contribution in [0.1, 0.15) is 11.3 Å². The van der Waals surface area contributed by atoms with Gasteiger partial charge in [-0.25, -0.2) is 4.68 Å². The number of rotatable bonds is 6. The highest BCUT2D eigenvalue weighted by molar-refractivity contribution is 7.99. The topological polar surface area (TPSA) is 50.1 Å². The van der Waals surface area contributed by atoms with E-state index in [-0.39, 0.29) is 6.61 Å².